The molecule has 0 heterocycles. The molecule has 0 aliphatic rings. The topological polar surface area (TPSA) is 75.6 Å². The van der Waals surface area contributed by atoms with Crippen molar-refractivity contribution >= 4 is 11.9 Å². The van der Waals surface area contributed by atoms with Crippen LogP contribution in [0.3, 0.4) is 0 Å². The second-order valence-electron chi connectivity index (χ2n) is 5.63. The van der Waals surface area contributed by atoms with E-state index < -0.39 is 18.0 Å². The highest BCUT2D eigenvalue weighted by molar-refractivity contribution is 5.81. The van der Waals surface area contributed by atoms with Crippen LogP contribution in [0.2, 0.25) is 0 Å². The maximum Gasteiger partial charge on any atom is 0.308 e. The van der Waals surface area contributed by atoms with E-state index in [4.69, 9.17) is 9.84 Å². The number of amides is 1. The van der Waals surface area contributed by atoms with Crippen molar-refractivity contribution in [3.05, 3.63) is 54.6 Å². The Hall–Kier alpha value is -2.82. The molecule has 0 bridgehead atoms. The van der Waals surface area contributed by atoms with Gasteiger partial charge in [0.05, 0.1) is 5.92 Å². The molecule has 0 radical (unpaired) electrons. The predicted molar refractivity (Wildman–Crippen MR) is 91.8 cm³/mol. The van der Waals surface area contributed by atoms with E-state index in [0.29, 0.717) is 5.75 Å². The smallest absolute Gasteiger partial charge is 0.308 e. The van der Waals surface area contributed by atoms with Gasteiger partial charge in [0.1, 0.15) is 5.75 Å². The molecule has 2 N–H and O–H groups in total. The van der Waals surface area contributed by atoms with Crippen LogP contribution >= 0.6 is 0 Å². The molecule has 0 aliphatic carbocycles. The molecule has 2 rings (SSSR count). The van der Waals surface area contributed by atoms with Gasteiger partial charge in [-0.2, -0.15) is 0 Å². The predicted octanol–water partition coefficient (Wildman–Crippen LogP) is 2.96. The second kappa shape index (κ2) is 8.15. The van der Waals surface area contributed by atoms with Gasteiger partial charge >= 0.3 is 5.97 Å². The fourth-order valence-electron chi connectivity index (χ4n) is 2.10. The summed E-state index contributed by atoms with van der Waals surface area (Å²) in [4.78, 5) is 22.7. The number of nitrogens with one attached hydrogen (secondary N) is 1. The third-order valence-electron chi connectivity index (χ3n) is 3.65. The molecule has 0 fully saturated rings. The molecule has 0 saturated heterocycles. The second-order valence-corrected chi connectivity index (χ2v) is 5.63. The van der Waals surface area contributed by atoms with Crippen molar-refractivity contribution in [2.75, 3.05) is 6.54 Å². The van der Waals surface area contributed by atoms with Gasteiger partial charge < -0.3 is 15.2 Å². The zero-order chi connectivity index (χ0) is 17.5. The molecule has 126 valence electrons. The van der Waals surface area contributed by atoms with Gasteiger partial charge in [-0.3, -0.25) is 9.59 Å². The van der Waals surface area contributed by atoms with Crippen LogP contribution < -0.4 is 10.1 Å². The molecule has 2 aromatic carbocycles. The Morgan fingerprint density at radius 1 is 1.00 bits per heavy atom. The minimum atomic E-state index is -0.944. The van der Waals surface area contributed by atoms with Crippen molar-refractivity contribution in [2.45, 2.75) is 20.0 Å². The Bertz CT molecular complexity index is 682. The van der Waals surface area contributed by atoms with E-state index in [9.17, 15) is 9.59 Å². The van der Waals surface area contributed by atoms with Crippen LogP contribution in [0.5, 0.6) is 5.75 Å². The molecule has 2 aromatic rings. The van der Waals surface area contributed by atoms with E-state index in [1.54, 1.807) is 6.92 Å². The lowest BCUT2D eigenvalue weighted by Gasteiger charge is -2.16. The number of hydrogen-bond donors (Lipinski definition) is 2. The SMILES string of the molecule is CC(CNC(=O)C(C)Oc1ccc(-c2ccccc2)cc1)C(=O)O. The largest absolute Gasteiger partial charge is 0.481 e. The fourth-order valence-corrected chi connectivity index (χ4v) is 2.10. The maximum atomic E-state index is 11.9. The van der Waals surface area contributed by atoms with Crippen molar-refractivity contribution in [1.82, 2.24) is 5.32 Å². The van der Waals surface area contributed by atoms with E-state index in [1.165, 1.54) is 6.92 Å². The zero-order valence-corrected chi connectivity index (χ0v) is 13.7. The molecule has 2 atom stereocenters. The van der Waals surface area contributed by atoms with Crippen LogP contribution in [0, 0.1) is 5.92 Å². The molecule has 0 aliphatic heterocycles. The number of benzene rings is 2. The molecule has 5 heteroatoms. The minimum Gasteiger partial charge on any atom is -0.481 e. The van der Waals surface area contributed by atoms with E-state index in [2.05, 4.69) is 5.32 Å². The van der Waals surface area contributed by atoms with Crippen LogP contribution in [0.1, 0.15) is 13.8 Å². The molecule has 1 amide bonds. The number of rotatable bonds is 7. The van der Waals surface area contributed by atoms with Crippen LogP contribution in [-0.2, 0) is 9.59 Å². The van der Waals surface area contributed by atoms with Crippen molar-refractivity contribution in [2.24, 2.45) is 5.92 Å². The lowest BCUT2D eigenvalue weighted by atomic mass is 10.1. The third kappa shape index (κ3) is 4.84. The summed E-state index contributed by atoms with van der Waals surface area (Å²) in [5.41, 5.74) is 2.17. The van der Waals surface area contributed by atoms with Crippen molar-refractivity contribution in [1.29, 1.82) is 0 Å². The standard InChI is InChI=1S/C19H21NO4/c1-13(19(22)23)12-20-18(21)14(2)24-17-10-8-16(9-11-17)15-6-4-3-5-7-15/h3-11,13-14H,12H2,1-2H3,(H,20,21)(H,22,23). The van der Waals surface area contributed by atoms with E-state index >= 15 is 0 Å². The van der Waals surface area contributed by atoms with Gasteiger partial charge in [0.15, 0.2) is 6.10 Å². The molecular formula is C19H21NO4. The van der Waals surface area contributed by atoms with Crippen LogP contribution in [0.4, 0.5) is 0 Å². The highest BCUT2D eigenvalue weighted by Gasteiger charge is 2.17. The Morgan fingerprint density at radius 2 is 1.58 bits per heavy atom. The normalized spacial score (nSPS) is 12.9. The van der Waals surface area contributed by atoms with Gasteiger partial charge in [-0.1, -0.05) is 49.4 Å². The highest BCUT2D eigenvalue weighted by Crippen LogP contribution is 2.22. The Kier molecular flexibility index (Phi) is 5.95. The molecule has 0 spiro atoms. The summed E-state index contributed by atoms with van der Waals surface area (Å²) in [6.45, 7) is 3.25. The van der Waals surface area contributed by atoms with Gasteiger partial charge in [0.25, 0.3) is 5.91 Å². The summed E-state index contributed by atoms with van der Waals surface area (Å²) in [7, 11) is 0. The summed E-state index contributed by atoms with van der Waals surface area (Å²) in [5, 5.41) is 11.4. The fraction of sp³-hybridized carbons (Fsp3) is 0.263. The number of hydrogen-bond acceptors (Lipinski definition) is 3. The highest BCUT2D eigenvalue weighted by atomic mass is 16.5. The average Bonchev–Trinajstić information content (AvgIpc) is 2.60. The van der Waals surface area contributed by atoms with E-state index in [1.807, 2.05) is 54.6 Å². The molecule has 0 saturated carbocycles. The van der Waals surface area contributed by atoms with Crippen molar-refractivity contribution in [3.8, 4) is 16.9 Å². The minimum absolute atomic E-state index is 0.0782. The monoisotopic (exact) mass is 327 g/mol. The number of carboxylic acids is 1. The van der Waals surface area contributed by atoms with Gasteiger partial charge in [-0.05, 0) is 30.2 Å². The first-order valence-corrected chi connectivity index (χ1v) is 7.80. The van der Waals surface area contributed by atoms with E-state index in [0.717, 1.165) is 11.1 Å². The Labute approximate surface area is 141 Å². The first-order chi connectivity index (χ1) is 11.5. The number of carbonyl (C=O) groups is 2. The van der Waals surface area contributed by atoms with Gasteiger partial charge in [-0.25, -0.2) is 0 Å². The summed E-state index contributed by atoms with van der Waals surface area (Å²) in [6, 6.07) is 17.5. The number of aliphatic carboxylic acids is 1. The third-order valence-corrected chi connectivity index (χ3v) is 3.65. The molecule has 24 heavy (non-hydrogen) atoms. The number of ether oxygens (including phenoxy) is 1. The summed E-state index contributed by atoms with van der Waals surface area (Å²) in [5.74, 6) is -1.33. The first kappa shape index (κ1) is 17.5. The van der Waals surface area contributed by atoms with E-state index in [-0.39, 0.29) is 12.5 Å². The van der Waals surface area contributed by atoms with Crippen LogP contribution in [0.25, 0.3) is 11.1 Å². The molecule has 2 unspecified atom stereocenters. The summed E-state index contributed by atoms with van der Waals surface area (Å²) in [6.07, 6.45) is -0.700. The average molecular weight is 327 g/mol. The molecule has 0 aromatic heterocycles. The summed E-state index contributed by atoms with van der Waals surface area (Å²) < 4.78 is 5.60. The van der Waals surface area contributed by atoms with Crippen LogP contribution in [0.15, 0.2) is 54.6 Å². The van der Waals surface area contributed by atoms with Gasteiger partial charge in [0, 0.05) is 6.54 Å². The first-order valence-electron chi connectivity index (χ1n) is 7.80. The molecular weight excluding hydrogens is 306 g/mol. The van der Waals surface area contributed by atoms with Crippen molar-refractivity contribution in [3.63, 3.8) is 0 Å². The zero-order valence-electron chi connectivity index (χ0n) is 13.7. The number of carbonyl (C=O) groups excluding carboxylic acids is 1. The summed E-state index contributed by atoms with van der Waals surface area (Å²) >= 11 is 0. The van der Waals surface area contributed by atoms with Crippen molar-refractivity contribution < 1.29 is 19.4 Å². The lowest BCUT2D eigenvalue weighted by molar-refractivity contribution is -0.141. The molecule has 5 nitrogen and oxygen atoms in total. The lowest BCUT2D eigenvalue weighted by Crippen LogP contribution is -2.39. The Balaban J connectivity index is 1.91. The maximum absolute atomic E-state index is 11.9. The van der Waals surface area contributed by atoms with Crippen LogP contribution in [-0.4, -0.2) is 29.6 Å². The van der Waals surface area contributed by atoms with Gasteiger partial charge in [0.2, 0.25) is 0 Å². The Morgan fingerprint density at radius 3 is 2.17 bits per heavy atom. The number of carboxylic acid groups (broad SMARTS) is 1. The quantitative estimate of drug-likeness (QED) is 0.820. The van der Waals surface area contributed by atoms with Gasteiger partial charge in [-0.15, -0.1) is 0 Å².